The summed E-state index contributed by atoms with van der Waals surface area (Å²) in [5.74, 6) is -1.73. The number of benzene rings is 1. The number of carbonyl (C=O) groups excluding carboxylic acids is 1. The minimum atomic E-state index is -4.51. The smallest absolute Gasteiger partial charge is 0.416 e. The van der Waals surface area contributed by atoms with E-state index in [0.717, 1.165) is 31.4 Å². The molecule has 2 aromatic rings. The second-order valence-electron chi connectivity index (χ2n) is 4.67. The van der Waals surface area contributed by atoms with Crippen LogP contribution < -0.4 is 0 Å². The number of esters is 1. The monoisotopic (exact) mass is 377 g/mol. The maximum atomic E-state index is 14.1. The number of nitrogens with zero attached hydrogens (tertiary/aromatic N) is 1. The van der Waals surface area contributed by atoms with E-state index in [1.165, 1.54) is 6.92 Å². The molecule has 0 saturated carbocycles. The number of hydrogen-bond donors (Lipinski definition) is 0. The van der Waals surface area contributed by atoms with Gasteiger partial charge in [0.25, 0.3) is 0 Å². The van der Waals surface area contributed by atoms with Crippen molar-refractivity contribution in [3.63, 3.8) is 0 Å². The first-order valence-corrected chi connectivity index (χ1v) is 7.65. The van der Waals surface area contributed by atoms with Gasteiger partial charge in [0.1, 0.15) is 5.69 Å². The zero-order chi connectivity index (χ0) is 19.4. The average Bonchev–Trinajstić information content (AvgIpc) is 2.56. The van der Waals surface area contributed by atoms with Crippen molar-refractivity contribution in [1.82, 2.24) is 4.98 Å². The van der Waals surface area contributed by atoms with E-state index in [1.807, 2.05) is 13.8 Å². The first-order chi connectivity index (χ1) is 11.6. The van der Waals surface area contributed by atoms with Crippen molar-refractivity contribution >= 4 is 17.6 Å². The molecule has 3 nitrogen and oxygen atoms in total. The van der Waals surface area contributed by atoms with Crippen molar-refractivity contribution < 1.29 is 27.1 Å². The summed E-state index contributed by atoms with van der Waals surface area (Å²) in [6, 6.07) is 3.66. The Balaban J connectivity index is 0.00000151. The van der Waals surface area contributed by atoms with Crippen LogP contribution in [0, 0.1) is 12.7 Å². The van der Waals surface area contributed by atoms with Crippen molar-refractivity contribution in [2.45, 2.75) is 26.9 Å². The molecule has 0 unspecified atom stereocenters. The van der Waals surface area contributed by atoms with Crippen LogP contribution in [0.5, 0.6) is 0 Å². The van der Waals surface area contributed by atoms with Crippen molar-refractivity contribution in [1.29, 1.82) is 0 Å². The lowest BCUT2D eigenvalue weighted by molar-refractivity contribution is -0.137. The first-order valence-electron chi connectivity index (χ1n) is 7.27. The van der Waals surface area contributed by atoms with Gasteiger partial charge in [-0.15, -0.1) is 0 Å². The van der Waals surface area contributed by atoms with Crippen LogP contribution in [0.25, 0.3) is 11.3 Å². The lowest BCUT2D eigenvalue weighted by atomic mass is 10.0. The number of methoxy groups -OCH3 is 1. The maximum absolute atomic E-state index is 14.1. The summed E-state index contributed by atoms with van der Waals surface area (Å²) in [7, 11) is 1.10. The van der Waals surface area contributed by atoms with Crippen molar-refractivity contribution in [2.75, 3.05) is 7.11 Å². The molecule has 0 fully saturated rings. The summed E-state index contributed by atoms with van der Waals surface area (Å²) < 4.78 is 56.6. The molecule has 0 aliphatic rings. The number of pyridine rings is 1. The number of alkyl halides is 3. The molecule has 8 heteroatoms. The van der Waals surface area contributed by atoms with Crippen molar-refractivity contribution in [3.8, 4) is 11.3 Å². The summed E-state index contributed by atoms with van der Waals surface area (Å²) in [4.78, 5) is 15.4. The highest BCUT2D eigenvalue weighted by molar-refractivity contribution is 6.33. The predicted octanol–water partition coefficient (Wildman–Crippen LogP) is 5.68. The van der Waals surface area contributed by atoms with Crippen molar-refractivity contribution in [2.24, 2.45) is 0 Å². The van der Waals surface area contributed by atoms with Crippen LogP contribution in [0.3, 0.4) is 0 Å². The molecule has 1 aromatic heterocycles. The van der Waals surface area contributed by atoms with E-state index in [0.29, 0.717) is 0 Å². The van der Waals surface area contributed by atoms with Crippen LogP contribution >= 0.6 is 11.6 Å². The molecule has 0 spiro atoms. The molecular formula is C17H16ClF4NO2. The average molecular weight is 378 g/mol. The molecule has 0 bridgehead atoms. The Morgan fingerprint density at radius 2 is 1.80 bits per heavy atom. The molecule has 0 aliphatic carbocycles. The van der Waals surface area contributed by atoms with Crippen LogP contribution in [0.1, 0.15) is 35.5 Å². The fraction of sp³-hybridized carbons (Fsp3) is 0.294. The Morgan fingerprint density at radius 1 is 1.20 bits per heavy atom. The minimum Gasteiger partial charge on any atom is -0.464 e. The van der Waals surface area contributed by atoms with E-state index in [2.05, 4.69) is 9.72 Å². The van der Waals surface area contributed by atoms with Gasteiger partial charge in [-0.1, -0.05) is 31.5 Å². The predicted molar refractivity (Wildman–Crippen MR) is 87.1 cm³/mol. The fourth-order valence-corrected chi connectivity index (χ4v) is 2.22. The number of aryl methyl sites for hydroxylation is 1. The van der Waals surface area contributed by atoms with Gasteiger partial charge in [-0.05, 0) is 30.7 Å². The lowest BCUT2D eigenvalue weighted by Crippen LogP contribution is -2.08. The van der Waals surface area contributed by atoms with Crippen LogP contribution in [0.15, 0.2) is 24.3 Å². The van der Waals surface area contributed by atoms with Crippen LogP contribution in [0.2, 0.25) is 5.02 Å². The Hall–Kier alpha value is -2.15. The molecule has 2 rings (SSSR count). The number of ether oxygens (including phenoxy) is 1. The normalized spacial score (nSPS) is 10.8. The minimum absolute atomic E-state index is 0.123. The van der Waals surface area contributed by atoms with E-state index in [-0.39, 0.29) is 27.5 Å². The molecule has 0 atom stereocenters. The summed E-state index contributed by atoms with van der Waals surface area (Å²) in [6.45, 7) is 5.39. The molecule has 25 heavy (non-hydrogen) atoms. The summed E-state index contributed by atoms with van der Waals surface area (Å²) >= 11 is 5.74. The zero-order valence-electron chi connectivity index (χ0n) is 14.0. The zero-order valence-corrected chi connectivity index (χ0v) is 14.7. The van der Waals surface area contributed by atoms with E-state index < -0.39 is 23.5 Å². The molecule has 0 radical (unpaired) electrons. The molecule has 136 valence electrons. The van der Waals surface area contributed by atoms with Gasteiger partial charge in [-0.25, -0.2) is 14.2 Å². The highest BCUT2D eigenvalue weighted by atomic mass is 35.5. The summed E-state index contributed by atoms with van der Waals surface area (Å²) in [5, 5.41) is -0.248. The van der Waals surface area contributed by atoms with E-state index in [4.69, 9.17) is 11.6 Å². The Kier molecular flexibility index (Phi) is 6.93. The topological polar surface area (TPSA) is 39.2 Å². The van der Waals surface area contributed by atoms with Gasteiger partial charge in [0.2, 0.25) is 0 Å². The van der Waals surface area contributed by atoms with Gasteiger partial charge in [0.15, 0.2) is 11.5 Å². The lowest BCUT2D eigenvalue weighted by Gasteiger charge is -2.12. The number of carbonyl (C=O) groups is 1. The van der Waals surface area contributed by atoms with Crippen LogP contribution in [0.4, 0.5) is 17.6 Å². The second kappa shape index (κ2) is 8.29. The van der Waals surface area contributed by atoms with Crippen LogP contribution in [-0.4, -0.2) is 18.1 Å². The fourth-order valence-electron chi connectivity index (χ4n) is 2.00. The number of halogens is 5. The Labute approximate surface area is 147 Å². The second-order valence-corrected chi connectivity index (χ2v) is 5.08. The molecule has 0 saturated heterocycles. The molecule has 1 aromatic carbocycles. The maximum Gasteiger partial charge on any atom is 0.416 e. The first kappa shape index (κ1) is 20.9. The van der Waals surface area contributed by atoms with E-state index in [1.54, 1.807) is 0 Å². The van der Waals surface area contributed by atoms with Gasteiger partial charge in [0.05, 0.1) is 17.7 Å². The van der Waals surface area contributed by atoms with Gasteiger partial charge in [0, 0.05) is 5.56 Å². The van der Waals surface area contributed by atoms with E-state index >= 15 is 0 Å². The summed E-state index contributed by atoms with van der Waals surface area (Å²) in [5.41, 5.74) is -1.17. The summed E-state index contributed by atoms with van der Waals surface area (Å²) in [6.07, 6.45) is -4.51. The number of hydrogen-bond acceptors (Lipinski definition) is 3. The van der Waals surface area contributed by atoms with Gasteiger partial charge >= 0.3 is 12.1 Å². The molecule has 0 aliphatic heterocycles. The number of rotatable bonds is 2. The Morgan fingerprint density at radius 3 is 2.28 bits per heavy atom. The third-order valence-corrected chi connectivity index (χ3v) is 3.41. The highest BCUT2D eigenvalue weighted by Crippen LogP contribution is 2.34. The standard InChI is InChI=1S/C15H10ClF4NO2.C2H6/c1-7-5-8(15(18,19)20)3-4-9(7)12-11(17)6-10(16)13(21-12)14(22)23-2;1-2/h3-6H,1-2H3;1-2H3. The van der Waals surface area contributed by atoms with Crippen LogP contribution in [-0.2, 0) is 10.9 Å². The molecular weight excluding hydrogens is 362 g/mol. The van der Waals surface area contributed by atoms with Crippen molar-refractivity contribution in [3.05, 3.63) is 51.9 Å². The Bertz CT molecular complexity index is 776. The SMILES string of the molecule is CC.COC(=O)c1nc(-c2ccc(C(F)(F)F)cc2C)c(F)cc1Cl. The van der Waals surface area contributed by atoms with E-state index in [9.17, 15) is 22.4 Å². The molecule has 0 amide bonds. The molecule has 0 N–H and O–H groups in total. The quantitative estimate of drug-likeness (QED) is 0.499. The van der Waals surface area contributed by atoms with Gasteiger partial charge < -0.3 is 4.74 Å². The molecule has 1 heterocycles. The van der Waals surface area contributed by atoms with Gasteiger partial charge in [-0.2, -0.15) is 13.2 Å². The largest absolute Gasteiger partial charge is 0.464 e. The third kappa shape index (κ3) is 4.69. The third-order valence-electron chi connectivity index (χ3n) is 3.12. The highest BCUT2D eigenvalue weighted by Gasteiger charge is 2.31. The van der Waals surface area contributed by atoms with Gasteiger partial charge in [-0.3, -0.25) is 0 Å². The number of aromatic nitrogens is 1.